The van der Waals surface area contributed by atoms with Crippen molar-refractivity contribution in [3.05, 3.63) is 175 Å². The zero-order valence-corrected chi connectivity index (χ0v) is 28.9. The summed E-state index contributed by atoms with van der Waals surface area (Å²) in [5.74, 6) is -2.48. The summed E-state index contributed by atoms with van der Waals surface area (Å²) in [6.07, 6.45) is 0. The van der Waals surface area contributed by atoms with Gasteiger partial charge in [-0.2, -0.15) is 0 Å². The second-order valence-electron chi connectivity index (χ2n) is 12.1. The van der Waals surface area contributed by atoms with Crippen molar-refractivity contribution in [3.8, 4) is 56.4 Å². The molecule has 0 aliphatic carbocycles. The van der Waals surface area contributed by atoms with Crippen LogP contribution in [0.5, 0.6) is 0 Å². The van der Waals surface area contributed by atoms with Gasteiger partial charge in [0.2, 0.25) is 0 Å². The van der Waals surface area contributed by atoms with Crippen molar-refractivity contribution in [3.63, 3.8) is 0 Å². The molecule has 0 bridgehead atoms. The second-order valence-corrected chi connectivity index (χ2v) is 13.1. The fourth-order valence-corrected chi connectivity index (χ4v) is 7.53. The maximum absolute atomic E-state index is 10.3. The van der Waals surface area contributed by atoms with E-state index in [0.29, 0.717) is 11.3 Å². The molecule has 4 aromatic heterocycles. The van der Waals surface area contributed by atoms with E-state index in [1.54, 1.807) is 0 Å². The van der Waals surface area contributed by atoms with E-state index in [-0.39, 0.29) is 20.2 Å². The normalized spacial score (nSPS) is 19.0. The highest BCUT2D eigenvalue weighted by Crippen LogP contribution is 2.47. The minimum atomic E-state index is -0.980. The van der Waals surface area contributed by atoms with Gasteiger partial charge in [0.25, 0.3) is 0 Å². The molecule has 0 fully saturated rings. The third-order valence-corrected chi connectivity index (χ3v) is 9.95. The van der Waals surface area contributed by atoms with Gasteiger partial charge < -0.3 is 8.83 Å². The molecule has 0 amide bonds. The number of hydrogen-bond donors (Lipinski definition) is 0. The summed E-state index contributed by atoms with van der Waals surface area (Å²) < 4.78 is 272. The summed E-state index contributed by atoms with van der Waals surface area (Å²) in [6, 6.07) is -24.7. The molecule has 0 aliphatic heterocycles. The van der Waals surface area contributed by atoms with Gasteiger partial charge in [0.1, 0.15) is 22.3 Å². The molecular weight excluding hydrogens is 719 g/mol. The molecule has 0 N–H and O–H groups in total. The lowest BCUT2D eigenvalue weighted by Crippen LogP contribution is -2.00. The minimum absolute atomic E-state index is 0.229. The first-order valence-corrected chi connectivity index (χ1v) is 17.4. The van der Waals surface area contributed by atoms with Crippen molar-refractivity contribution >= 4 is 75.4 Å². The maximum Gasteiger partial charge on any atom is 0.167 e. The van der Waals surface area contributed by atoms with Gasteiger partial charge >= 0.3 is 0 Å². The fraction of sp³-hybridized carbons (Fsp3) is 0. The SMILES string of the molecule is [2H]c1c([2H])c([2H])c(-c2nc(-c3c([2H])c([2H])c([2H])c([2H])c3[2H])nc(-c3c([2H])c([2H])c([2H])c4c3oc3c(-c5c([2H])c(-c6c([2H])c([2H])c([2H])c7c6oc6c([2H])c([2H])c([2H])c([2H])c67)c([2H])c6sc7c([2H])c([2H])c([2H])c([2H])c7c56)c([2H])c([2H])c([2H])c34)n2)c([2H])c1[2H]. The molecule has 0 aliphatic rings. The molecule has 0 saturated carbocycles. The quantitative estimate of drug-likeness (QED) is 0.174. The summed E-state index contributed by atoms with van der Waals surface area (Å²) in [5, 5.41) is -2.77. The standard InChI is InChI=1S/C51H29N3O2S/c1-3-14-30(15-4-1)49-52-50(31-16-5-2-6-17-31)54-51(53-49)40-25-13-23-37-36-22-12-24-38(47(36)56-48(37)40)41-28-32(29-44-45(41)39-19-8-10-27-43(39)57-44)33-20-11-21-35-34-18-7-9-26-42(34)55-46(33)35/h1-29H/i1D,2D,3D,4D,5D,6D,7D,8D,9D,10D,11D,12D,13D,14D,15D,16D,17D,18D,19D,20D,21D,22D,23D,24D,25D,26D,27D,28D,29D. The van der Waals surface area contributed by atoms with Crippen LogP contribution in [0.15, 0.2) is 184 Å². The van der Waals surface area contributed by atoms with E-state index in [9.17, 15) is 13.7 Å². The van der Waals surface area contributed by atoms with Crippen molar-refractivity contribution in [1.29, 1.82) is 0 Å². The Labute approximate surface area is 370 Å². The minimum Gasteiger partial charge on any atom is -0.455 e. The van der Waals surface area contributed by atoms with Crippen LogP contribution in [0, 0.1) is 0 Å². The Bertz CT molecular complexity index is 5100. The lowest BCUT2D eigenvalue weighted by molar-refractivity contribution is 0.670. The van der Waals surface area contributed by atoms with Crippen LogP contribution in [0.25, 0.3) is 120 Å². The molecule has 12 rings (SSSR count). The smallest absolute Gasteiger partial charge is 0.167 e. The summed E-state index contributed by atoms with van der Waals surface area (Å²) in [6.45, 7) is 0. The second kappa shape index (κ2) is 12.6. The first kappa shape index (κ1) is 14.6. The van der Waals surface area contributed by atoms with Crippen molar-refractivity contribution in [2.45, 2.75) is 0 Å². The predicted molar refractivity (Wildman–Crippen MR) is 234 cm³/mol. The fourth-order valence-electron chi connectivity index (χ4n) is 6.51. The Morgan fingerprint density at radius 1 is 0.368 bits per heavy atom. The Kier molecular flexibility index (Phi) is 3.22. The molecule has 12 aromatic rings. The molecule has 8 aromatic carbocycles. The molecule has 6 heteroatoms. The Morgan fingerprint density at radius 3 is 1.61 bits per heavy atom. The zero-order chi connectivity index (χ0) is 62.7. The Morgan fingerprint density at radius 2 is 0.895 bits per heavy atom. The van der Waals surface area contributed by atoms with Crippen molar-refractivity contribution in [2.24, 2.45) is 0 Å². The third kappa shape index (κ3) is 5.04. The highest BCUT2D eigenvalue weighted by Gasteiger charge is 2.22. The largest absolute Gasteiger partial charge is 0.455 e. The number of furan rings is 2. The zero-order valence-electron chi connectivity index (χ0n) is 57.1. The summed E-state index contributed by atoms with van der Waals surface area (Å²) in [5.41, 5.74) is -7.41. The molecule has 4 heterocycles. The number of thiophene rings is 1. The summed E-state index contributed by atoms with van der Waals surface area (Å²) >= 11 is 0.582. The van der Waals surface area contributed by atoms with E-state index in [4.69, 9.17) is 34.9 Å². The average Bonchev–Trinajstić information content (AvgIpc) is 1.53. The molecule has 0 spiro atoms. The molecule has 0 saturated heterocycles. The lowest BCUT2D eigenvalue weighted by atomic mass is 9.93. The molecule has 266 valence electrons. The lowest BCUT2D eigenvalue weighted by Gasteiger charge is -2.10. The topological polar surface area (TPSA) is 65.0 Å². The van der Waals surface area contributed by atoms with Gasteiger partial charge in [-0.25, -0.2) is 15.0 Å². The molecule has 0 radical (unpaired) electrons. The van der Waals surface area contributed by atoms with Crippen molar-refractivity contribution < 1.29 is 48.6 Å². The third-order valence-electron chi connectivity index (χ3n) is 8.93. The number of nitrogens with zero attached hydrogens (tertiary/aromatic N) is 3. The van der Waals surface area contributed by atoms with Crippen LogP contribution in [0.2, 0.25) is 0 Å². The molecule has 57 heavy (non-hydrogen) atoms. The summed E-state index contributed by atoms with van der Waals surface area (Å²) in [4.78, 5) is 13.0. The molecule has 0 atom stereocenters. The highest BCUT2D eigenvalue weighted by molar-refractivity contribution is 7.26. The first-order valence-electron chi connectivity index (χ1n) is 31.1. The van der Waals surface area contributed by atoms with Crippen molar-refractivity contribution in [1.82, 2.24) is 15.0 Å². The van der Waals surface area contributed by atoms with E-state index in [1.807, 2.05) is 0 Å². The number of hydrogen-bond acceptors (Lipinski definition) is 6. The van der Waals surface area contributed by atoms with E-state index < -0.39 is 276 Å². The van der Waals surface area contributed by atoms with Gasteiger partial charge in [0, 0.05) is 64.0 Å². The number of rotatable bonds is 5. The molecule has 0 unspecified atom stereocenters. The van der Waals surface area contributed by atoms with E-state index >= 15 is 0 Å². The van der Waals surface area contributed by atoms with Crippen LogP contribution in [0.1, 0.15) is 39.8 Å². The molecular formula is C51H29N3O2S. The Hall–Kier alpha value is -7.41. The number of para-hydroxylation sites is 4. The summed E-state index contributed by atoms with van der Waals surface area (Å²) in [7, 11) is 0. The van der Waals surface area contributed by atoms with Crippen LogP contribution in [0.4, 0.5) is 0 Å². The van der Waals surface area contributed by atoms with Gasteiger partial charge in [-0.1, -0.05) is 145 Å². The highest BCUT2D eigenvalue weighted by atomic mass is 32.1. The van der Waals surface area contributed by atoms with Gasteiger partial charge in [-0.3, -0.25) is 0 Å². The van der Waals surface area contributed by atoms with Gasteiger partial charge in [-0.15, -0.1) is 11.3 Å². The van der Waals surface area contributed by atoms with E-state index in [0.717, 1.165) is 0 Å². The van der Waals surface area contributed by atoms with Crippen LogP contribution < -0.4 is 0 Å². The van der Waals surface area contributed by atoms with Crippen molar-refractivity contribution in [2.75, 3.05) is 0 Å². The maximum atomic E-state index is 10.3. The monoisotopic (exact) mass is 776 g/mol. The number of benzene rings is 8. The first-order chi connectivity index (χ1) is 40.3. The molecule has 5 nitrogen and oxygen atoms in total. The van der Waals surface area contributed by atoms with Gasteiger partial charge in [-0.05, 0) is 41.3 Å². The van der Waals surface area contributed by atoms with E-state index in [2.05, 4.69) is 15.0 Å². The average molecular weight is 777 g/mol. The van der Waals surface area contributed by atoms with Crippen LogP contribution in [0.3, 0.4) is 0 Å². The van der Waals surface area contributed by atoms with Crippen LogP contribution in [-0.4, -0.2) is 15.0 Å². The van der Waals surface area contributed by atoms with Gasteiger partial charge in [0.05, 0.1) is 45.3 Å². The number of aromatic nitrogens is 3. The number of fused-ring (bicyclic) bond motifs is 9. The van der Waals surface area contributed by atoms with Crippen LogP contribution >= 0.6 is 11.3 Å². The van der Waals surface area contributed by atoms with E-state index in [1.165, 1.54) is 0 Å². The van der Waals surface area contributed by atoms with Gasteiger partial charge in [0.15, 0.2) is 17.5 Å². The Balaban J connectivity index is 1.29. The predicted octanol–water partition coefficient (Wildman–Crippen LogP) is 14.4. The van der Waals surface area contributed by atoms with Crippen LogP contribution in [-0.2, 0) is 0 Å².